The van der Waals surface area contributed by atoms with E-state index in [9.17, 15) is 14.0 Å². The number of rotatable bonds is 3. The van der Waals surface area contributed by atoms with Gasteiger partial charge in [0.25, 0.3) is 0 Å². The van der Waals surface area contributed by atoms with E-state index in [4.69, 9.17) is 16.7 Å². The van der Waals surface area contributed by atoms with Crippen LogP contribution in [0, 0.1) is 11.7 Å². The van der Waals surface area contributed by atoms with Crippen LogP contribution in [0.15, 0.2) is 18.2 Å². The molecule has 1 aromatic rings. The average Bonchev–Trinajstić information content (AvgIpc) is 2.29. The van der Waals surface area contributed by atoms with E-state index in [2.05, 4.69) is 0 Å². The number of amides is 1. The third kappa shape index (κ3) is 2.94. The van der Waals surface area contributed by atoms with Crippen molar-refractivity contribution in [3.63, 3.8) is 0 Å². The molecule has 0 aliphatic rings. The molecule has 0 bridgehead atoms. The lowest BCUT2D eigenvalue weighted by molar-refractivity contribution is -0.145. The van der Waals surface area contributed by atoms with Crippen molar-refractivity contribution in [1.29, 1.82) is 0 Å². The third-order valence-corrected chi connectivity index (χ3v) is 2.58. The lowest BCUT2D eigenvalue weighted by Crippen LogP contribution is -2.35. The monoisotopic (exact) mass is 259 g/mol. The predicted molar refractivity (Wildman–Crippen MR) is 61.6 cm³/mol. The van der Waals surface area contributed by atoms with Crippen molar-refractivity contribution in [2.24, 2.45) is 5.92 Å². The number of carboxylic acids is 1. The fourth-order valence-corrected chi connectivity index (χ4v) is 1.42. The summed E-state index contributed by atoms with van der Waals surface area (Å²) in [6, 6.07) is 3.73. The number of carbonyl (C=O) groups excluding carboxylic acids is 1. The van der Waals surface area contributed by atoms with Gasteiger partial charge in [-0.2, -0.15) is 0 Å². The van der Waals surface area contributed by atoms with E-state index in [1.54, 1.807) is 0 Å². The first-order chi connectivity index (χ1) is 7.84. The fourth-order valence-electron chi connectivity index (χ4n) is 1.26. The van der Waals surface area contributed by atoms with Gasteiger partial charge in [-0.3, -0.25) is 9.59 Å². The van der Waals surface area contributed by atoms with E-state index in [-0.39, 0.29) is 10.7 Å². The Bertz CT molecular complexity index is 464. The molecule has 1 aromatic carbocycles. The third-order valence-electron chi connectivity index (χ3n) is 2.34. The van der Waals surface area contributed by atoms with Gasteiger partial charge in [0.2, 0.25) is 5.91 Å². The lowest BCUT2D eigenvalue weighted by atomic mass is 10.1. The highest BCUT2D eigenvalue weighted by Gasteiger charge is 2.26. The Morgan fingerprint density at radius 2 is 2.06 bits per heavy atom. The van der Waals surface area contributed by atoms with Crippen molar-refractivity contribution in [3.05, 3.63) is 29.0 Å². The first-order valence-electron chi connectivity index (χ1n) is 4.80. The van der Waals surface area contributed by atoms with Crippen LogP contribution in [0.2, 0.25) is 5.02 Å². The van der Waals surface area contributed by atoms with Crippen molar-refractivity contribution in [2.75, 3.05) is 11.9 Å². The van der Waals surface area contributed by atoms with Gasteiger partial charge in [-0.1, -0.05) is 11.6 Å². The van der Waals surface area contributed by atoms with Crippen molar-refractivity contribution >= 4 is 29.2 Å². The standard InChI is InChI=1S/C11H11ClFNO3/c1-6(11(16)17)10(15)14(2)9-5-7(12)3-4-8(9)13/h3-6H,1-2H3,(H,16,17). The fraction of sp³-hybridized carbons (Fsp3) is 0.273. The molecule has 4 nitrogen and oxygen atoms in total. The van der Waals surface area contributed by atoms with E-state index in [0.717, 1.165) is 11.0 Å². The molecule has 0 aliphatic carbocycles. The normalized spacial score (nSPS) is 12.0. The quantitative estimate of drug-likeness (QED) is 0.847. The molecule has 0 spiro atoms. The van der Waals surface area contributed by atoms with Gasteiger partial charge in [0, 0.05) is 12.1 Å². The predicted octanol–water partition coefficient (Wildman–Crippen LogP) is 2.16. The molecular weight excluding hydrogens is 249 g/mol. The topological polar surface area (TPSA) is 57.6 Å². The highest BCUT2D eigenvalue weighted by atomic mass is 35.5. The van der Waals surface area contributed by atoms with E-state index >= 15 is 0 Å². The highest BCUT2D eigenvalue weighted by molar-refractivity contribution is 6.31. The van der Waals surface area contributed by atoms with Crippen LogP contribution in [0.4, 0.5) is 10.1 Å². The van der Waals surface area contributed by atoms with E-state index < -0.39 is 23.6 Å². The van der Waals surface area contributed by atoms with Crippen molar-refractivity contribution < 1.29 is 19.1 Å². The van der Waals surface area contributed by atoms with Crippen LogP contribution < -0.4 is 4.90 Å². The summed E-state index contributed by atoms with van der Waals surface area (Å²) in [5, 5.41) is 8.97. The molecule has 0 radical (unpaired) electrons. The lowest BCUT2D eigenvalue weighted by Gasteiger charge is -2.20. The molecule has 0 fully saturated rings. The molecule has 1 N–H and O–H groups in total. The summed E-state index contributed by atoms with van der Waals surface area (Å²) < 4.78 is 13.4. The van der Waals surface area contributed by atoms with Crippen LogP contribution in [0.5, 0.6) is 0 Å². The minimum atomic E-state index is -1.26. The molecule has 92 valence electrons. The van der Waals surface area contributed by atoms with Crippen LogP contribution >= 0.6 is 11.6 Å². The molecule has 0 saturated carbocycles. The second-order valence-electron chi connectivity index (χ2n) is 3.55. The summed E-state index contributed by atoms with van der Waals surface area (Å²) in [5.41, 5.74) is -0.0457. The average molecular weight is 260 g/mol. The highest BCUT2D eigenvalue weighted by Crippen LogP contribution is 2.23. The summed E-state index contributed by atoms with van der Waals surface area (Å²) in [4.78, 5) is 23.3. The molecule has 1 atom stereocenters. The van der Waals surface area contributed by atoms with Crippen LogP contribution in [0.1, 0.15) is 6.92 Å². The molecule has 1 unspecified atom stereocenters. The van der Waals surface area contributed by atoms with Gasteiger partial charge in [-0.05, 0) is 25.1 Å². The molecule has 1 rings (SSSR count). The SMILES string of the molecule is CC(C(=O)O)C(=O)N(C)c1cc(Cl)ccc1F. The van der Waals surface area contributed by atoms with Gasteiger partial charge in [0.15, 0.2) is 0 Å². The first-order valence-corrected chi connectivity index (χ1v) is 5.17. The Morgan fingerprint density at radius 3 is 2.59 bits per heavy atom. The number of halogens is 2. The summed E-state index contributed by atoms with van der Waals surface area (Å²) >= 11 is 5.69. The maximum atomic E-state index is 13.4. The maximum Gasteiger partial charge on any atom is 0.315 e. The van der Waals surface area contributed by atoms with Gasteiger partial charge in [-0.15, -0.1) is 0 Å². The Balaban J connectivity index is 3.04. The molecule has 1 amide bonds. The zero-order chi connectivity index (χ0) is 13.2. The number of benzene rings is 1. The molecule has 0 aromatic heterocycles. The minimum absolute atomic E-state index is 0.0457. The van der Waals surface area contributed by atoms with Crippen LogP contribution in [0.25, 0.3) is 0 Å². The van der Waals surface area contributed by atoms with Gasteiger partial charge in [0.05, 0.1) is 5.69 Å². The van der Waals surface area contributed by atoms with Gasteiger partial charge >= 0.3 is 5.97 Å². The van der Waals surface area contributed by atoms with E-state index in [0.29, 0.717) is 0 Å². The summed E-state index contributed by atoms with van der Waals surface area (Å²) in [7, 11) is 1.30. The molecule has 0 saturated heterocycles. The summed E-state index contributed by atoms with van der Waals surface area (Å²) in [5.74, 6) is -3.84. The van der Waals surface area contributed by atoms with Crippen molar-refractivity contribution in [2.45, 2.75) is 6.92 Å². The Kier molecular flexibility index (Phi) is 4.07. The smallest absolute Gasteiger partial charge is 0.315 e. The maximum absolute atomic E-state index is 13.4. The van der Waals surface area contributed by atoms with Crippen LogP contribution in [-0.4, -0.2) is 24.0 Å². The molecule has 0 aliphatic heterocycles. The molecule has 17 heavy (non-hydrogen) atoms. The molecular formula is C11H11ClFNO3. The Hall–Kier alpha value is -1.62. The summed E-state index contributed by atoms with van der Waals surface area (Å²) in [6.45, 7) is 1.24. The van der Waals surface area contributed by atoms with E-state index in [1.807, 2.05) is 0 Å². The molecule has 0 heterocycles. The van der Waals surface area contributed by atoms with Crippen molar-refractivity contribution in [1.82, 2.24) is 0 Å². The minimum Gasteiger partial charge on any atom is -0.481 e. The van der Waals surface area contributed by atoms with Crippen LogP contribution in [0.3, 0.4) is 0 Å². The number of hydrogen-bond acceptors (Lipinski definition) is 2. The Morgan fingerprint density at radius 1 is 1.47 bits per heavy atom. The largest absolute Gasteiger partial charge is 0.481 e. The first kappa shape index (κ1) is 13.4. The zero-order valence-electron chi connectivity index (χ0n) is 9.28. The Labute approximate surface area is 103 Å². The molecule has 6 heteroatoms. The van der Waals surface area contributed by atoms with Gasteiger partial charge in [0.1, 0.15) is 11.7 Å². The second-order valence-corrected chi connectivity index (χ2v) is 3.99. The van der Waals surface area contributed by atoms with E-state index in [1.165, 1.54) is 26.1 Å². The number of carbonyl (C=O) groups is 2. The number of carboxylic acid groups (broad SMARTS) is 1. The van der Waals surface area contributed by atoms with Gasteiger partial charge in [-0.25, -0.2) is 4.39 Å². The number of aliphatic carboxylic acids is 1. The second kappa shape index (κ2) is 5.14. The number of nitrogens with zero attached hydrogens (tertiary/aromatic N) is 1. The zero-order valence-corrected chi connectivity index (χ0v) is 10.0. The number of hydrogen-bond donors (Lipinski definition) is 1. The summed E-state index contributed by atoms with van der Waals surface area (Å²) in [6.07, 6.45) is 0. The number of anilines is 1. The van der Waals surface area contributed by atoms with Crippen LogP contribution in [-0.2, 0) is 9.59 Å². The van der Waals surface area contributed by atoms with Crippen molar-refractivity contribution in [3.8, 4) is 0 Å². The van der Waals surface area contributed by atoms with Gasteiger partial charge < -0.3 is 10.0 Å².